The monoisotopic (exact) mass is 494 g/mol. The van der Waals surface area contributed by atoms with Gasteiger partial charge in [-0.25, -0.2) is 0 Å². The van der Waals surface area contributed by atoms with Crippen molar-refractivity contribution in [3.05, 3.63) is 120 Å². The Labute approximate surface area is 220 Å². The fourth-order valence-electron chi connectivity index (χ4n) is 6.31. The number of hydrogen-bond acceptors (Lipinski definition) is 0. The third-order valence-corrected chi connectivity index (χ3v) is 10.9. The molecule has 0 nitrogen and oxygen atoms in total. The summed E-state index contributed by atoms with van der Waals surface area (Å²) in [5.74, 6) is 0. The number of fused-ring (bicyclic) bond motifs is 5. The molecule has 0 saturated heterocycles. The summed E-state index contributed by atoms with van der Waals surface area (Å²) in [6, 6.07) is 41.1. The second kappa shape index (κ2) is 8.10. The summed E-state index contributed by atoms with van der Waals surface area (Å²) < 4.78 is 0. The molecule has 0 fully saturated rings. The van der Waals surface area contributed by atoms with E-state index < -0.39 is 10.0 Å². The van der Waals surface area contributed by atoms with Crippen molar-refractivity contribution < 1.29 is 0 Å². The molecule has 0 saturated carbocycles. The molecule has 0 atom stereocenters. The van der Waals surface area contributed by atoms with E-state index >= 15 is 0 Å². The summed E-state index contributed by atoms with van der Waals surface area (Å²) >= 11 is 0. The highest BCUT2D eigenvalue weighted by atomic mass is 32.3. The molecule has 1 aliphatic rings. The summed E-state index contributed by atoms with van der Waals surface area (Å²) in [5.41, 5.74) is 10.6. The van der Waals surface area contributed by atoms with E-state index in [9.17, 15) is 0 Å². The van der Waals surface area contributed by atoms with Crippen LogP contribution in [0, 0.1) is 13.8 Å². The molecule has 0 unspecified atom stereocenters. The van der Waals surface area contributed by atoms with Crippen LogP contribution in [0.2, 0.25) is 0 Å². The Hall–Kier alpha value is -3.81. The Bertz CT molecular complexity index is 1870. The van der Waals surface area contributed by atoms with Crippen molar-refractivity contribution in [2.24, 2.45) is 0 Å². The molecule has 37 heavy (non-hydrogen) atoms. The summed E-state index contributed by atoms with van der Waals surface area (Å²) in [7, 11) is -1.10. The zero-order valence-corrected chi connectivity index (χ0v) is 22.6. The Kier molecular flexibility index (Phi) is 4.90. The maximum atomic E-state index is 2.55. The van der Waals surface area contributed by atoms with E-state index in [-0.39, 0.29) is 0 Å². The van der Waals surface area contributed by atoms with Crippen LogP contribution >= 0.6 is 10.0 Å². The van der Waals surface area contributed by atoms with E-state index in [4.69, 9.17) is 0 Å². The van der Waals surface area contributed by atoms with Gasteiger partial charge in [0, 0.05) is 9.79 Å². The van der Waals surface area contributed by atoms with Gasteiger partial charge in [-0.3, -0.25) is 0 Å². The van der Waals surface area contributed by atoms with Crippen LogP contribution in [0.25, 0.3) is 54.9 Å². The molecule has 0 spiro atoms. The predicted molar refractivity (Wildman–Crippen MR) is 163 cm³/mol. The zero-order chi connectivity index (χ0) is 25.3. The van der Waals surface area contributed by atoms with Gasteiger partial charge in [-0.2, -0.15) is 10.0 Å². The number of benzene rings is 6. The van der Waals surface area contributed by atoms with Crippen LogP contribution in [0.3, 0.4) is 0 Å². The predicted octanol–water partition coefficient (Wildman–Crippen LogP) is 10.4. The molecule has 0 aromatic heterocycles. The average Bonchev–Trinajstić information content (AvgIpc) is 3.12. The third-order valence-electron chi connectivity index (χ3n) is 8.01. The molecular weight excluding hydrogens is 464 g/mol. The molecule has 1 heterocycles. The van der Waals surface area contributed by atoms with Gasteiger partial charge >= 0.3 is 0 Å². The lowest BCUT2D eigenvalue weighted by atomic mass is 9.84. The van der Waals surface area contributed by atoms with Crippen LogP contribution in [0.15, 0.2) is 119 Å². The van der Waals surface area contributed by atoms with Crippen LogP contribution in [-0.2, 0) is 0 Å². The first-order valence-electron chi connectivity index (χ1n) is 12.9. The van der Waals surface area contributed by atoms with Gasteiger partial charge in [0.1, 0.15) is 0 Å². The largest absolute Gasteiger partial charge is 0.192 e. The van der Waals surface area contributed by atoms with Crippen LogP contribution < -0.4 is 0 Å². The van der Waals surface area contributed by atoms with E-state index in [1.54, 1.807) is 0 Å². The van der Waals surface area contributed by atoms with E-state index in [1.165, 1.54) is 75.8 Å². The van der Waals surface area contributed by atoms with Crippen molar-refractivity contribution in [3.8, 4) is 33.4 Å². The van der Waals surface area contributed by atoms with Crippen LogP contribution in [-0.4, -0.2) is 12.5 Å². The molecule has 7 rings (SSSR count). The van der Waals surface area contributed by atoms with Gasteiger partial charge in [0.2, 0.25) is 0 Å². The molecular formula is C36H30S. The third kappa shape index (κ3) is 3.31. The van der Waals surface area contributed by atoms with Crippen LogP contribution in [0.5, 0.6) is 0 Å². The second-order valence-electron chi connectivity index (χ2n) is 10.8. The standard InChI is InChI=1S/C36H30S/c1-23-11-9-13-25(19-23)35-28-16-5-6-17-29(28)36(26-14-10-12-24(2)20-26)32-22-34-30(21-31(32)35)27-15-7-8-18-33(27)37(34,3)4/h5-22H,1-4H3. The quantitative estimate of drug-likeness (QED) is 0.210. The fraction of sp³-hybridized carbons (Fsp3) is 0.111. The molecule has 1 aliphatic heterocycles. The number of rotatable bonds is 2. The van der Waals surface area contributed by atoms with E-state index in [0.717, 1.165) is 0 Å². The molecule has 0 aliphatic carbocycles. The summed E-state index contributed by atoms with van der Waals surface area (Å²) in [6.45, 7) is 4.38. The molecule has 6 aromatic rings. The topological polar surface area (TPSA) is 0 Å². The normalized spacial score (nSPS) is 14.5. The molecule has 0 N–H and O–H groups in total. The Morgan fingerprint density at radius 3 is 1.57 bits per heavy atom. The van der Waals surface area contributed by atoms with Crippen molar-refractivity contribution in [2.75, 3.05) is 12.5 Å². The maximum Gasteiger partial charge on any atom is 0.00219 e. The van der Waals surface area contributed by atoms with E-state index in [0.29, 0.717) is 0 Å². The van der Waals surface area contributed by atoms with Crippen molar-refractivity contribution in [1.82, 2.24) is 0 Å². The number of aryl methyl sites for hydroxylation is 2. The zero-order valence-electron chi connectivity index (χ0n) is 21.8. The SMILES string of the molecule is Cc1cccc(-c2c3ccccc3c(-c3cccc(C)c3)c3cc4c(cc23)-c2ccccc2S4(C)C)c1. The first-order chi connectivity index (χ1) is 17.9. The first-order valence-corrected chi connectivity index (χ1v) is 15.4. The number of hydrogen-bond donors (Lipinski definition) is 0. The average molecular weight is 495 g/mol. The fourth-order valence-corrected chi connectivity index (χ4v) is 8.83. The lowest BCUT2D eigenvalue weighted by molar-refractivity contribution is 1.46. The van der Waals surface area contributed by atoms with Gasteiger partial charge in [-0.1, -0.05) is 102 Å². The summed E-state index contributed by atoms with van der Waals surface area (Å²) in [4.78, 5) is 3.00. The van der Waals surface area contributed by atoms with E-state index in [2.05, 4.69) is 136 Å². The van der Waals surface area contributed by atoms with Crippen LogP contribution in [0.1, 0.15) is 11.1 Å². The first kappa shape index (κ1) is 22.4. The summed E-state index contributed by atoms with van der Waals surface area (Å²) in [6.07, 6.45) is 4.91. The van der Waals surface area contributed by atoms with Gasteiger partial charge in [-0.15, -0.1) is 0 Å². The lowest BCUT2D eigenvalue weighted by Crippen LogP contribution is -1.95. The van der Waals surface area contributed by atoms with Gasteiger partial charge in [0.05, 0.1) is 0 Å². The van der Waals surface area contributed by atoms with Gasteiger partial charge in [-0.05, 0) is 99.5 Å². The van der Waals surface area contributed by atoms with Gasteiger partial charge in [0.25, 0.3) is 0 Å². The summed E-state index contributed by atoms with van der Waals surface area (Å²) in [5, 5.41) is 5.33. The molecule has 0 radical (unpaired) electrons. The molecule has 0 amide bonds. The van der Waals surface area contributed by atoms with Crippen molar-refractivity contribution >= 4 is 31.6 Å². The lowest BCUT2D eigenvalue weighted by Gasteiger charge is -2.29. The smallest absolute Gasteiger partial charge is 0.00219 e. The highest BCUT2D eigenvalue weighted by Gasteiger charge is 2.32. The van der Waals surface area contributed by atoms with Crippen molar-refractivity contribution in [2.45, 2.75) is 23.6 Å². The van der Waals surface area contributed by atoms with Crippen LogP contribution in [0.4, 0.5) is 0 Å². The Morgan fingerprint density at radius 1 is 0.432 bits per heavy atom. The van der Waals surface area contributed by atoms with Crippen molar-refractivity contribution in [1.29, 1.82) is 0 Å². The van der Waals surface area contributed by atoms with Gasteiger partial charge in [0.15, 0.2) is 0 Å². The Morgan fingerprint density at radius 2 is 0.973 bits per heavy atom. The highest BCUT2D eigenvalue weighted by molar-refractivity contribution is 8.33. The minimum absolute atomic E-state index is 1.10. The van der Waals surface area contributed by atoms with Gasteiger partial charge < -0.3 is 0 Å². The van der Waals surface area contributed by atoms with E-state index in [1.807, 2.05) is 0 Å². The molecule has 1 heteroatoms. The Balaban J connectivity index is 1.72. The second-order valence-corrected chi connectivity index (χ2v) is 14.3. The minimum atomic E-state index is -1.10. The molecule has 180 valence electrons. The maximum absolute atomic E-state index is 2.55. The molecule has 6 aromatic carbocycles. The minimum Gasteiger partial charge on any atom is -0.192 e. The highest BCUT2D eigenvalue weighted by Crippen LogP contribution is 2.68. The molecule has 0 bridgehead atoms. The van der Waals surface area contributed by atoms with Crippen molar-refractivity contribution in [3.63, 3.8) is 0 Å².